The van der Waals surface area contributed by atoms with Gasteiger partial charge in [0.05, 0.1) is 11.0 Å². The van der Waals surface area contributed by atoms with Gasteiger partial charge in [-0.15, -0.1) is 11.6 Å². The van der Waals surface area contributed by atoms with Crippen LogP contribution in [-0.4, -0.2) is 39.7 Å². The molecule has 1 aromatic heterocycles. The van der Waals surface area contributed by atoms with E-state index in [1.165, 1.54) is 0 Å². The standard InChI is InChI=1S/C15H18ClN3O/c16-8-5-14(20)19-9-6-11(7-10-19)15-17-12-3-1-2-4-13(12)18-15/h1-4,11H,5-10H2,(H,17,18). The number of likely N-dealkylation sites (tertiary alicyclic amines) is 1. The number of amides is 1. The van der Waals surface area contributed by atoms with Crippen LogP contribution in [0.5, 0.6) is 0 Å². The van der Waals surface area contributed by atoms with Gasteiger partial charge in [0.15, 0.2) is 0 Å². The largest absolute Gasteiger partial charge is 0.343 e. The average molecular weight is 292 g/mol. The van der Waals surface area contributed by atoms with Gasteiger partial charge in [0.1, 0.15) is 5.82 Å². The zero-order valence-electron chi connectivity index (χ0n) is 11.3. The van der Waals surface area contributed by atoms with E-state index in [0.29, 0.717) is 18.2 Å². The van der Waals surface area contributed by atoms with Gasteiger partial charge < -0.3 is 9.88 Å². The maximum Gasteiger partial charge on any atom is 0.223 e. The van der Waals surface area contributed by atoms with E-state index in [0.717, 1.165) is 42.8 Å². The zero-order valence-corrected chi connectivity index (χ0v) is 12.1. The molecular weight excluding hydrogens is 274 g/mol. The van der Waals surface area contributed by atoms with E-state index in [-0.39, 0.29) is 5.91 Å². The molecule has 0 spiro atoms. The number of alkyl halides is 1. The molecule has 1 saturated heterocycles. The second-order valence-electron chi connectivity index (χ2n) is 5.23. The highest BCUT2D eigenvalue weighted by Crippen LogP contribution is 2.27. The van der Waals surface area contributed by atoms with Crippen molar-refractivity contribution in [1.82, 2.24) is 14.9 Å². The number of nitrogens with zero attached hydrogens (tertiary/aromatic N) is 2. The molecule has 2 heterocycles. The molecule has 1 aliphatic rings. The summed E-state index contributed by atoms with van der Waals surface area (Å²) in [5.41, 5.74) is 2.10. The molecule has 0 bridgehead atoms. The predicted octanol–water partition coefficient (Wildman–Crippen LogP) is 2.90. The molecule has 5 heteroatoms. The molecular formula is C15H18ClN3O. The number of nitrogens with one attached hydrogen (secondary N) is 1. The second kappa shape index (κ2) is 5.83. The lowest BCUT2D eigenvalue weighted by atomic mass is 9.96. The summed E-state index contributed by atoms with van der Waals surface area (Å²) in [6.45, 7) is 1.61. The first kappa shape index (κ1) is 13.4. The highest BCUT2D eigenvalue weighted by atomic mass is 35.5. The average Bonchev–Trinajstić information content (AvgIpc) is 2.91. The Bertz CT molecular complexity index is 569. The molecule has 0 aliphatic carbocycles. The maximum atomic E-state index is 11.8. The number of hydrogen-bond donors (Lipinski definition) is 1. The molecule has 0 atom stereocenters. The molecule has 1 fully saturated rings. The Morgan fingerprint density at radius 3 is 2.80 bits per heavy atom. The fraction of sp³-hybridized carbons (Fsp3) is 0.467. The lowest BCUT2D eigenvalue weighted by Crippen LogP contribution is -2.38. The number of rotatable bonds is 3. The van der Waals surface area contributed by atoms with Gasteiger partial charge in [-0.3, -0.25) is 4.79 Å². The molecule has 1 N–H and O–H groups in total. The summed E-state index contributed by atoms with van der Waals surface area (Å²) in [6, 6.07) is 8.08. The minimum absolute atomic E-state index is 0.169. The molecule has 0 unspecified atom stereocenters. The van der Waals surface area contributed by atoms with Crippen LogP contribution in [0.15, 0.2) is 24.3 Å². The van der Waals surface area contributed by atoms with Crippen LogP contribution >= 0.6 is 11.6 Å². The minimum atomic E-state index is 0.169. The molecule has 106 valence electrons. The third kappa shape index (κ3) is 2.66. The summed E-state index contributed by atoms with van der Waals surface area (Å²) < 4.78 is 0. The number of fused-ring (bicyclic) bond motifs is 1. The van der Waals surface area contributed by atoms with E-state index in [2.05, 4.69) is 9.97 Å². The van der Waals surface area contributed by atoms with Crippen LogP contribution in [0.2, 0.25) is 0 Å². The number of aromatic amines is 1. The predicted molar refractivity (Wildman–Crippen MR) is 80.0 cm³/mol. The van der Waals surface area contributed by atoms with E-state index in [1.54, 1.807) is 0 Å². The van der Waals surface area contributed by atoms with Gasteiger partial charge in [-0.25, -0.2) is 4.98 Å². The van der Waals surface area contributed by atoms with Gasteiger partial charge in [-0.1, -0.05) is 12.1 Å². The van der Waals surface area contributed by atoms with Crippen LogP contribution in [0, 0.1) is 0 Å². The van der Waals surface area contributed by atoms with Crippen LogP contribution in [0.1, 0.15) is 31.0 Å². The quantitative estimate of drug-likeness (QED) is 0.884. The van der Waals surface area contributed by atoms with Gasteiger partial charge in [0.2, 0.25) is 5.91 Å². The van der Waals surface area contributed by atoms with Crippen molar-refractivity contribution in [2.24, 2.45) is 0 Å². The van der Waals surface area contributed by atoms with Crippen LogP contribution in [0.4, 0.5) is 0 Å². The van der Waals surface area contributed by atoms with Crippen LogP contribution in [-0.2, 0) is 4.79 Å². The Labute approximate surface area is 123 Å². The number of carbonyl (C=O) groups excluding carboxylic acids is 1. The van der Waals surface area contributed by atoms with Crippen molar-refractivity contribution < 1.29 is 4.79 Å². The SMILES string of the molecule is O=C(CCCl)N1CCC(c2nc3ccccc3[nH]2)CC1. The van der Waals surface area contributed by atoms with Crippen molar-refractivity contribution in [3.05, 3.63) is 30.1 Å². The van der Waals surface area contributed by atoms with Gasteiger partial charge in [0.25, 0.3) is 0 Å². The number of halogens is 1. The number of hydrogen-bond acceptors (Lipinski definition) is 2. The van der Waals surface area contributed by atoms with Crippen LogP contribution < -0.4 is 0 Å². The third-order valence-corrected chi connectivity index (χ3v) is 4.14. The van der Waals surface area contributed by atoms with Crippen molar-refractivity contribution in [3.8, 4) is 0 Å². The van der Waals surface area contributed by atoms with E-state index in [1.807, 2.05) is 29.2 Å². The van der Waals surface area contributed by atoms with Gasteiger partial charge >= 0.3 is 0 Å². The number of carbonyl (C=O) groups is 1. The Kier molecular flexibility index (Phi) is 3.92. The highest BCUT2D eigenvalue weighted by Gasteiger charge is 2.25. The first-order valence-corrected chi connectivity index (χ1v) is 7.60. The number of piperidine rings is 1. The third-order valence-electron chi connectivity index (χ3n) is 3.95. The summed E-state index contributed by atoms with van der Waals surface area (Å²) >= 11 is 5.62. The molecule has 3 rings (SSSR count). The van der Waals surface area contributed by atoms with E-state index < -0.39 is 0 Å². The summed E-state index contributed by atoms with van der Waals surface area (Å²) in [5, 5.41) is 0. The summed E-state index contributed by atoms with van der Waals surface area (Å²) in [4.78, 5) is 21.8. The molecule has 20 heavy (non-hydrogen) atoms. The molecule has 1 amide bonds. The number of para-hydroxylation sites is 2. The van der Waals surface area contributed by atoms with Crippen LogP contribution in [0.25, 0.3) is 11.0 Å². The molecule has 0 saturated carbocycles. The molecule has 4 nitrogen and oxygen atoms in total. The Hall–Kier alpha value is -1.55. The molecule has 2 aromatic rings. The summed E-state index contributed by atoms with van der Waals surface area (Å²) in [7, 11) is 0. The van der Waals surface area contributed by atoms with Crippen molar-refractivity contribution in [1.29, 1.82) is 0 Å². The maximum absolute atomic E-state index is 11.8. The molecule has 0 radical (unpaired) electrons. The van der Waals surface area contributed by atoms with Gasteiger partial charge in [-0.05, 0) is 25.0 Å². The topological polar surface area (TPSA) is 49.0 Å². The number of benzene rings is 1. The normalized spacial score (nSPS) is 16.8. The fourth-order valence-electron chi connectivity index (χ4n) is 2.81. The Morgan fingerprint density at radius 1 is 1.35 bits per heavy atom. The lowest BCUT2D eigenvalue weighted by molar-refractivity contribution is -0.131. The smallest absolute Gasteiger partial charge is 0.223 e. The lowest BCUT2D eigenvalue weighted by Gasteiger charge is -2.31. The Morgan fingerprint density at radius 2 is 2.10 bits per heavy atom. The van der Waals surface area contributed by atoms with E-state index >= 15 is 0 Å². The first-order chi connectivity index (χ1) is 9.78. The number of imidazole rings is 1. The summed E-state index contributed by atoms with van der Waals surface area (Å²) in [6.07, 6.45) is 2.37. The Balaban J connectivity index is 1.67. The summed E-state index contributed by atoms with van der Waals surface area (Å²) in [5.74, 6) is 2.05. The van der Waals surface area contributed by atoms with E-state index in [9.17, 15) is 4.79 Å². The fourth-order valence-corrected chi connectivity index (χ4v) is 2.97. The monoisotopic (exact) mass is 291 g/mol. The van der Waals surface area contributed by atoms with Gasteiger partial charge in [0, 0.05) is 31.3 Å². The van der Waals surface area contributed by atoms with Crippen LogP contribution in [0.3, 0.4) is 0 Å². The zero-order chi connectivity index (χ0) is 13.9. The molecule has 1 aliphatic heterocycles. The minimum Gasteiger partial charge on any atom is -0.343 e. The molecule has 1 aromatic carbocycles. The number of H-pyrrole nitrogens is 1. The first-order valence-electron chi connectivity index (χ1n) is 7.06. The van der Waals surface area contributed by atoms with E-state index in [4.69, 9.17) is 11.6 Å². The highest BCUT2D eigenvalue weighted by molar-refractivity contribution is 6.18. The van der Waals surface area contributed by atoms with Crippen molar-refractivity contribution in [2.45, 2.75) is 25.2 Å². The van der Waals surface area contributed by atoms with Gasteiger partial charge in [-0.2, -0.15) is 0 Å². The van der Waals surface area contributed by atoms with Crippen molar-refractivity contribution in [2.75, 3.05) is 19.0 Å². The van der Waals surface area contributed by atoms with Crippen molar-refractivity contribution >= 4 is 28.5 Å². The second-order valence-corrected chi connectivity index (χ2v) is 5.61. The van der Waals surface area contributed by atoms with Crippen molar-refractivity contribution in [3.63, 3.8) is 0 Å². The number of aromatic nitrogens is 2.